The van der Waals surface area contributed by atoms with Crippen LogP contribution >= 0.6 is 0 Å². The minimum absolute atomic E-state index is 0.0916. The van der Waals surface area contributed by atoms with Crippen molar-refractivity contribution in [2.24, 2.45) is 0 Å². The van der Waals surface area contributed by atoms with Gasteiger partial charge in [-0.25, -0.2) is 0 Å². The number of aromatic nitrogens is 1. The number of amides is 1. The fourth-order valence-electron chi connectivity index (χ4n) is 2.55. The largest absolute Gasteiger partial charge is 0.467 e. The van der Waals surface area contributed by atoms with Crippen LogP contribution in [0.4, 0.5) is 0 Å². The van der Waals surface area contributed by atoms with Crippen molar-refractivity contribution in [3.05, 3.63) is 48.2 Å². The summed E-state index contributed by atoms with van der Waals surface area (Å²) in [6.45, 7) is 1.88. The molecule has 5 heteroatoms. The minimum atomic E-state index is -0.703. The van der Waals surface area contributed by atoms with Crippen LogP contribution in [0.15, 0.2) is 41.1 Å². The number of nitrogens with one attached hydrogen (secondary N) is 1. The van der Waals surface area contributed by atoms with Gasteiger partial charge in [0.25, 0.3) is 5.91 Å². The van der Waals surface area contributed by atoms with Gasteiger partial charge in [0.2, 0.25) is 0 Å². The van der Waals surface area contributed by atoms with Crippen molar-refractivity contribution < 1.29 is 14.3 Å². The first kappa shape index (κ1) is 13.9. The van der Waals surface area contributed by atoms with Crippen LogP contribution in [0, 0.1) is 0 Å². The Morgan fingerprint density at radius 3 is 2.95 bits per heavy atom. The van der Waals surface area contributed by atoms with Crippen molar-refractivity contribution in [2.45, 2.75) is 44.4 Å². The number of nitrogens with zero attached hydrogens (tertiary/aromatic N) is 1. The fourth-order valence-corrected chi connectivity index (χ4v) is 2.55. The smallest absolute Gasteiger partial charge is 0.268 e. The molecule has 112 valence electrons. The predicted octanol–water partition coefficient (Wildman–Crippen LogP) is 2.66. The van der Waals surface area contributed by atoms with Gasteiger partial charge >= 0.3 is 0 Å². The highest BCUT2D eigenvalue weighted by molar-refractivity contribution is 5.93. The first-order chi connectivity index (χ1) is 10.1. The maximum atomic E-state index is 12.3. The number of hydrogen-bond donors (Lipinski definition) is 2. The number of aliphatic hydroxyl groups excluding tert-OH is 1. The van der Waals surface area contributed by atoms with E-state index in [1.165, 1.54) is 6.26 Å². The summed E-state index contributed by atoms with van der Waals surface area (Å²) in [5.41, 5.74) is 0.692. The Bertz CT molecular complexity index is 599. The molecule has 5 nitrogen and oxygen atoms in total. The molecular weight excluding hydrogens is 268 g/mol. The molecule has 3 rings (SSSR count). The van der Waals surface area contributed by atoms with Gasteiger partial charge in [-0.15, -0.1) is 0 Å². The molecule has 1 saturated carbocycles. The Labute approximate surface area is 123 Å². The normalized spacial score (nSPS) is 17.4. The zero-order valence-electron chi connectivity index (χ0n) is 12.0. The Morgan fingerprint density at radius 2 is 2.29 bits per heavy atom. The van der Waals surface area contributed by atoms with Crippen LogP contribution in [-0.2, 0) is 0 Å². The third-order valence-electron chi connectivity index (χ3n) is 3.78. The standard InChI is InChI=1S/C16H20N2O3/c1-11(10-14(19)15-5-3-9-21-15)17-16(20)13-4-2-8-18(13)12-6-7-12/h2-5,8-9,11-12,14,19H,6-7,10H2,1H3,(H,17,20). The number of carbonyl (C=O) groups excluding carboxylic acids is 1. The second-order valence-electron chi connectivity index (χ2n) is 5.67. The fraction of sp³-hybridized carbons (Fsp3) is 0.438. The van der Waals surface area contributed by atoms with Crippen LogP contribution in [-0.4, -0.2) is 21.6 Å². The van der Waals surface area contributed by atoms with Crippen LogP contribution in [0.5, 0.6) is 0 Å². The van der Waals surface area contributed by atoms with Crippen LogP contribution in [0.2, 0.25) is 0 Å². The summed E-state index contributed by atoms with van der Waals surface area (Å²) in [7, 11) is 0. The third kappa shape index (κ3) is 3.19. The molecule has 0 aromatic carbocycles. The van der Waals surface area contributed by atoms with Gasteiger partial charge in [-0.2, -0.15) is 0 Å². The van der Waals surface area contributed by atoms with Crippen LogP contribution < -0.4 is 5.32 Å². The quantitative estimate of drug-likeness (QED) is 0.858. The average molecular weight is 288 g/mol. The first-order valence-corrected chi connectivity index (χ1v) is 7.34. The van der Waals surface area contributed by atoms with Gasteiger partial charge in [0.1, 0.15) is 17.6 Å². The topological polar surface area (TPSA) is 67.4 Å². The Hall–Kier alpha value is -2.01. The molecule has 0 bridgehead atoms. The lowest BCUT2D eigenvalue weighted by molar-refractivity contribution is 0.0894. The first-order valence-electron chi connectivity index (χ1n) is 7.34. The monoisotopic (exact) mass is 288 g/mol. The molecule has 1 amide bonds. The van der Waals surface area contributed by atoms with E-state index in [1.54, 1.807) is 12.1 Å². The number of aliphatic hydroxyl groups is 1. The van der Waals surface area contributed by atoms with Gasteiger partial charge in [-0.05, 0) is 44.0 Å². The van der Waals surface area contributed by atoms with Crippen molar-refractivity contribution in [1.82, 2.24) is 9.88 Å². The highest BCUT2D eigenvalue weighted by atomic mass is 16.4. The third-order valence-corrected chi connectivity index (χ3v) is 3.78. The molecule has 0 spiro atoms. The lowest BCUT2D eigenvalue weighted by Gasteiger charge is -2.17. The molecule has 1 fully saturated rings. The average Bonchev–Trinajstić information content (AvgIpc) is 2.95. The second-order valence-corrected chi connectivity index (χ2v) is 5.67. The molecule has 0 aliphatic heterocycles. The zero-order valence-corrected chi connectivity index (χ0v) is 12.0. The Balaban J connectivity index is 1.58. The summed E-state index contributed by atoms with van der Waals surface area (Å²) >= 11 is 0. The minimum Gasteiger partial charge on any atom is -0.467 e. The summed E-state index contributed by atoms with van der Waals surface area (Å²) in [6.07, 6.45) is 5.48. The van der Waals surface area contributed by atoms with Gasteiger partial charge < -0.3 is 19.4 Å². The molecule has 21 heavy (non-hydrogen) atoms. The van der Waals surface area contributed by atoms with Crippen LogP contribution in [0.3, 0.4) is 0 Å². The summed E-state index contributed by atoms with van der Waals surface area (Å²) in [5.74, 6) is 0.434. The highest BCUT2D eigenvalue weighted by Gasteiger charge is 2.27. The van der Waals surface area contributed by atoms with Gasteiger partial charge in [-0.3, -0.25) is 4.79 Å². The molecule has 0 saturated heterocycles. The van der Waals surface area contributed by atoms with E-state index in [0.717, 1.165) is 12.8 Å². The van der Waals surface area contributed by atoms with E-state index >= 15 is 0 Å². The SMILES string of the molecule is CC(CC(O)c1ccco1)NC(=O)c1cccn1C1CC1. The summed E-state index contributed by atoms with van der Waals surface area (Å²) in [4.78, 5) is 12.3. The molecule has 2 heterocycles. The van der Waals surface area contributed by atoms with Crippen molar-refractivity contribution >= 4 is 5.91 Å². The van der Waals surface area contributed by atoms with Gasteiger partial charge in [0.15, 0.2) is 0 Å². The molecule has 0 radical (unpaired) electrons. The van der Waals surface area contributed by atoms with Crippen LogP contribution in [0.25, 0.3) is 0 Å². The van der Waals surface area contributed by atoms with Crippen LogP contribution in [0.1, 0.15) is 54.6 Å². The Morgan fingerprint density at radius 1 is 1.48 bits per heavy atom. The van der Waals surface area contributed by atoms with E-state index in [0.29, 0.717) is 23.9 Å². The lowest BCUT2D eigenvalue weighted by Crippen LogP contribution is -2.34. The van der Waals surface area contributed by atoms with E-state index < -0.39 is 6.10 Å². The molecule has 1 aliphatic carbocycles. The maximum absolute atomic E-state index is 12.3. The van der Waals surface area contributed by atoms with E-state index in [9.17, 15) is 9.90 Å². The van der Waals surface area contributed by atoms with Crippen molar-refractivity contribution in [3.63, 3.8) is 0 Å². The molecule has 2 N–H and O–H groups in total. The van der Waals surface area contributed by atoms with Gasteiger partial charge in [0.05, 0.1) is 6.26 Å². The molecule has 2 aromatic heterocycles. The van der Waals surface area contributed by atoms with Gasteiger partial charge in [-0.1, -0.05) is 0 Å². The van der Waals surface area contributed by atoms with Gasteiger partial charge in [0, 0.05) is 24.7 Å². The molecular formula is C16H20N2O3. The zero-order chi connectivity index (χ0) is 14.8. The number of hydrogen-bond acceptors (Lipinski definition) is 3. The number of carbonyl (C=O) groups is 1. The van der Waals surface area contributed by atoms with E-state index in [-0.39, 0.29) is 11.9 Å². The second kappa shape index (κ2) is 5.77. The van der Waals surface area contributed by atoms with E-state index in [1.807, 2.05) is 29.8 Å². The van der Waals surface area contributed by atoms with Crippen molar-refractivity contribution in [3.8, 4) is 0 Å². The number of furan rings is 1. The summed E-state index contributed by atoms with van der Waals surface area (Å²) in [6, 6.07) is 7.55. The number of rotatable bonds is 6. The predicted molar refractivity (Wildman–Crippen MR) is 77.9 cm³/mol. The maximum Gasteiger partial charge on any atom is 0.268 e. The molecule has 2 aromatic rings. The summed E-state index contributed by atoms with van der Waals surface area (Å²) in [5, 5.41) is 13.0. The van der Waals surface area contributed by atoms with E-state index in [2.05, 4.69) is 5.32 Å². The highest BCUT2D eigenvalue weighted by Crippen LogP contribution is 2.36. The molecule has 1 aliphatic rings. The summed E-state index contributed by atoms with van der Waals surface area (Å²) < 4.78 is 7.20. The Kier molecular flexibility index (Phi) is 3.84. The van der Waals surface area contributed by atoms with Crippen molar-refractivity contribution in [1.29, 1.82) is 0 Å². The molecule has 2 unspecified atom stereocenters. The van der Waals surface area contributed by atoms with Crippen molar-refractivity contribution in [2.75, 3.05) is 0 Å². The lowest BCUT2D eigenvalue weighted by atomic mass is 10.1. The van der Waals surface area contributed by atoms with E-state index in [4.69, 9.17) is 4.42 Å². The molecule has 2 atom stereocenters.